The molecule has 1 unspecified atom stereocenters. The molecule has 0 radical (unpaired) electrons. The van der Waals surface area contributed by atoms with Crippen LogP contribution in [0.3, 0.4) is 0 Å². The molecule has 0 saturated heterocycles. The maximum Gasteiger partial charge on any atom is 0.573 e. The minimum atomic E-state index is -4.79. The zero-order valence-corrected chi connectivity index (χ0v) is 10.2. The topological polar surface area (TPSA) is 61.5 Å². The first kappa shape index (κ1) is 15.5. The highest BCUT2D eigenvalue weighted by Crippen LogP contribution is 2.23. The average molecular weight is 277 g/mol. The Morgan fingerprint density at radius 3 is 2.68 bits per heavy atom. The fraction of sp³-hybridized carbons (Fsp3) is 0.417. The molecular formula is C12H14F3NO3. The zero-order chi connectivity index (χ0) is 14.5. The molecule has 1 rings (SSSR count). The van der Waals surface area contributed by atoms with Gasteiger partial charge in [-0.3, -0.25) is 4.79 Å². The van der Waals surface area contributed by atoms with Gasteiger partial charge in [0.05, 0.1) is 6.04 Å². The number of carbonyl (C=O) groups is 1. The standard InChI is InChI=1S/C12H14F3NO3/c1-18-6-5-10(16)11(17)8-3-2-4-9(7-8)19-12(13,14)15/h2-4,7,10H,5-6,16H2,1H3. The lowest BCUT2D eigenvalue weighted by Crippen LogP contribution is -2.31. The van der Waals surface area contributed by atoms with Crippen LogP contribution >= 0.6 is 0 Å². The highest BCUT2D eigenvalue weighted by molar-refractivity contribution is 6.00. The van der Waals surface area contributed by atoms with Gasteiger partial charge >= 0.3 is 6.36 Å². The number of hydrogen-bond acceptors (Lipinski definition) is 4. The predicted molar refractivity (Wildman–Crippen MR) is 61.9 cm³/mol. The van der Waals surface area contributed by atoms with Crippen LogP contribution in [0.2, 0.25) is 0 Å². The molecule has 0 amide bonds. The lowest BCUT2D eigenvalue weighted by molar-refractivity contribution is -0.274. The van der Waals surface area contributed by atoms with Crippen molar-refractivity contribution in [3.05, 3.63) is 29.8 Å². The smallest absolute Gasteiger partial charge is 0.406 e. The maximum atomic E-state index is 12.1. The Kier molecular flexibility index (Phi) is 5.31. The minimum absolute atomic E-state index is 0.0744. The summed E-state index contributed by atoms with van der Waals surface area (Å²) in [5.41, 5.74) is 5.69. The highest BCUT2D eigenvalue weighted by Gasteiger charge is 2.31. The molecule has 0 aliphatic rings. The lowest BCUT2D eigenvalue weighted by Gasteiger charge is -2.12. The first-order valence-electron chi connectivity index (χ1n) is 5.48. The van der Waals surface area contributed by atoms with Crippen LogP contribution in [-0.2, 0) is 4.74 Å². The van der Waals surface area contributed by atoms with Gasteiger partial charge in [-0.2, -0.15) is 0 Å². The normalized spacial score (nSPS) is 13.1. The molecule has 0 bridgehead atoms. The number of rotatable bonds is 6. The SMILES string of the molecule is COCCC(N)C(=O)c1cccc(OC(F)(F)F)c1. The molecule has 0 fully saturated rings. The molecule has 0 aliphatic carbocycles. The molecule has 0 heterocycles. The Bertz CT molecular complexity index is 434. The van der Waals surface area contributed by atoms with Crippen molar-refractivity contribution < 1.29 is 27.4 Å². The van der Waals surface area contributed by atoms with Crippen LogP contribution in [0.1, 0.15) is 16.8 Å². The third kappa shape index (κ3) is 5.27. The number of alkyl halides is 3. The second kappa shape index (κ2) is 6.53. The number of ether oxygens (including phenoxy) is 2. The Labute approximate surface area is 108 Å². The molecule has 0 aromatic heterocycles. The summed E-state index contributed by atoms with van der Waals surface area (Å²) in [5, 5.41) is 0. The summed E-state index contributed by atoms with van der Waals surface area (Å²) in [5.74, 6) is -0.901. The number of Topliss-reactive ketones (excluding diaryl/α,β-unsaturated/α-hetero) is 1. The summed E-state index contributed by atoms with van der Waals surface area (Å²) < 4.78 is 44.7. The second-order valence-electron chi connectivity index (χ2n) is 3.83. The third-order valence-electron chi connectivity index (χ3n) is 2.32. The van der Waals surface area contributed by atoms with Crippen LogP contribution in [-0.4, -0.2) is 31.9 Å². The van der Waals surface area contributed by atoms with E-state index in [1.807, 2.05) is 0 Å². The van der Waals surface area contributed by atoms with Gasteiger partial charge in [0.25, 0.3) is 0 Å². The van der Waals surface area contributed by atoms with Gasteiger partial charge in [-0.15, -0.1) is 13.2 Å². The molecule has 1 atom stereocenters. The van der Waals surface area contributed by atoms with E-state index >= 15 is 0 Å². The largest absolute Gasteiger partial charge is 0.573 e. The van der Waals surface area contributed by atoms with E-state index in [1.165, 1.54) is 19.2 Å². The number of carbonyl (C=O) groups excluding carboxylic acids is 1. The van der Waals surface area contributed by atoms with Gasteiger partial charge in [0.15, 0.2) is 5.78 Å². The number of ketones is 1. The summed E-state index contributed by atoms with van der Waals surface area (Å²) in [6, 6.07) is 4.00. The Morgan fingerprint density at radius 2 is 2.11 bits per heavy atom. The van der Waals surface area contributed by atoms with E-state index in [1.54, 1.807) is 0 Å². The second-order valence-corrected chi connectivity index (χ2v) is 3.83. The van der Waals surface area contributed by atoms with Gasteiger partial charge in [-0.25, -0.2) is 0 Å². The lowest BCUT2D eigenvalue weighted by atomic mass is 10.0. The van der Waals surface area contributed by atoms with E-state index in [2.05, 4.69) is 4.74 Å². The summed E-state index contributed by atoms with van der Waals surface area (Å²) in [6.45, 7) is 0.297. The van der Waals surface area contributed by atoms with E-state index in [0.717, 1.165) is 12.1 Å². The first-order valence-corrected chi connectivity index (χ1v) is 5.48. The van der Waals surface area contributed by atoms with E-state index in [0.29, 0.717) is 13.0 Å². The van der Waals surface area contributed by atoms with Crippen LogP contribution in [0.25, 0.3) is 0 Å². The van der Waals surface area contributed by atoms with Crippen molar-refractivity contribution in [2.75, 3.05) is 13.7 Å². The maximum absolute atomic E-state index is 12.1. The van der Waals surface area contributed by atoms with Crippen molar-refractivity contribution in [3.8, 4) is 5.75 Å². The minimum Gasteiger partial charge on any atom is -0.406 e. The number of methoxy groups -OCH3 is 1. The van der Waals surface area contributed by atoms with Gasteiger partial charge in [0, 0.05) is 19.3 Å². The highest BCUT2D eigenvalue weighted by atomic mass is 19.4. The molecular weight excluding hydrogens is 263 g/mol. The van der Waals surface area contributed by atoms with Crippen molar-refractivity contribution in [2.24, 2.45) is 5.73 Å². The average Bonchev–Trinajstić information content (AvgIpc) is 2.33. The predicted octanol–water partition coefficient (Wildman–Crippen LogP) is 2.13. The molecule has 0 spiro atoms. The Balaban J connectivity index is 2.78. The molecule has 7 heteroatoms. The molecule has 19 heavy (non-hydrogen) atoms. The third-order valence-corrected chi connectivity index (χ3v) is 2.32. The monoisotopic (exact) mass is 277 g/mol. The van der Waals surface area contributed by atoms with E-state index < -0.39 is 23.9 Å². The van der Waals surface area contributed by atoms with Crippen LogP contribution < -0.4 is 10.5 Å². The summed E-state index contributed by atoms with van der Waals surface area (Å²) >= 11 is 0. The Morgan fingerprint density at radius 1 is 1.42 bits per heavy atom. The van der Waals surface area contributed by atoms with Crippen molar-refractivity contribution >= 4 is 5.78 Å². The van der Waals surface area contributed by atoms with Crippen LogP contribution in [0.15, 0.2) is 24.3 Å². The van der Waals surface area contributed by atoms with Gasteiger partial charge in [-0.1, -0.05) is 12.1 Å². The number of benzene rings is 1. The number of hydrogen-bond donors (Lipinski definition) is 1. The van der Waals surface area contributed by atoms with Gasteiger partial charge in [0.1, 0.15) is 5.75 Å². The van der Waals surface area contributed by atoms with Crippen LogP contribution in [0, 0.1) is 0 Å². The zero-order valence-electron chi connectivity index (χ0n) is 10.2. The molecule has 0 saturated carbocycles. The number of nitrogens with two attached hydrogens (primary N) is 1. The van der Waals surface area contributed by atoms with E-state index in [-0.39, 0.29) is 5.56 Å². The first-order chi connectivity index (χ1) is 8.83. The van der Waals surface area contributed by atoms with Crippen molar-refractivity contribution in [2.45, 2.75) is 18.8 Å². The van der Waals surface area contributed by atoms with Crippen LogP contribution in [0.4, 0.5) is 13.2 Å². The van der Waals surface area contributed by atoms with Crippen molar-refractivity contribution in [1.82, 2.24) is 0 Å². The molecule has 4 nitrogen and oxygen atoms in total. The Hall–Kier alpha value is -1.60. The molecule has 1 aromatic rings. The van der Waals surface area contributed by atoms with Crippen molar-refractivity contribution in [3.63, 3.8) is 0 Å². The quantitative estimate of drug-likeness (QED) is 0.809. The van der Waals surface area contributed by atoms with E-state index in [4.69, 9.17) is 10.5 Å². The fourth-order valence-corrected chi connectivity index (χ4v) is 1.44. The van der Waals surface area contributed by atoms with Gasteiger partial charge in [-0.05, 0) is 18.6 Å². The van der Waals surface area contributed by atoms with E-state index in [9.17, 15) is 18.0 Å². The molecule has 106 valence electrons. The summed E-state index contributed by atoms with van der Waals surface area (Å²) in [6.07, 6.45) is -4.50. The number of halogens is 3. The molecule has 2 N–H and O–H groups in total. The summed E-state index contributed by atoms with van der Waals surface area (Å²) in [7, 11) is 1.47. The van der Waals surface area contributed by atoms with Gasteiger partial charge in [0.2, 0.25) is 0 Å². The summed E-state index contributed by atoms with van der Waals surface area (Å²) in [4.78, 5) is 11.9. The fourth-order valence-electron chi connectivity index (χ4n) is 1.44. The molecule has 0 aliphatic heterocycles. The van der Waals surface area contributed by atoms with Gasteiger partial charge < -0.3 is 15.2 Å². The molecule has 1 aromatic carbocycles. The van der Waals surface area contributed by atoms with Crippen LogP contribution in [0.5, 0.6) is 5.75 Å². The van der Waals surface area contributed by atoms with Crippen molar-refractivity contribution in [1.29, 1.82) is 0 Å².